The zero-order valence-electron chi connectivity index (χ0n) is 13.7. The largest absolute Gasteiger partial charge is 0.497 e. The van der Waals surface area contributed by atoms with Gasteiger partial charge in [0, 0.05) is 17.0 Å². The standard InChI is InChI=1S/C18H14BrClN2O4/c1-24-13-5-2-11(3-6-13)18-21-16(26-22-18)8-9-17(23)25-15-7-4-12(20)10-14(15)19/h2-7,10H,8-9H2,1H3. The molecule has 0 bridgehead atoms. The molecule has 0 amide bonds. The fraction of sp³-hybridized carbons (Fsp3) is 0.167. The highest BCUT2D eigenvalue weighted by atomic mass is 79.9. The lowest BCUT2D eigenvalue weighted by molar-refractivity contribution is -0.134. The van der Waals surface area contributed by atoms with Crippen LogP contribution in [0.1, 0.15) is 12.3 Å². The highest BCUT2D eigenvalue weighted by molar-refractivity contribution is 9.10. The number of benzene rings is 2. The molecule has 0 spiro atoms. The van der Waals surface area contributed by atoms with Gasteiger partial charge >= 0.3 is 5.97 Å². The van der Waals surface area contributed by atoms with E-state index in [0.717, 1.165) is 11.3 Å². The van der Waals surface area contributed by atoms with Gasteiger partial charge in [0.1, 0.15) is 11.5 Å². The molecule has 8 heteroatoms. The van der Waals surface area contributed by atoms with Crippen molar-refractivity contribution in [3.05, 3.63) is 57.9 Å². The maximum absolute atomic E-state index is 12.0. The number of ether oxygens (including phenoxy) is 2. The average molecular weight is 438 g/mol. The summed E-state index contributed by atoms with van der Waals surface area (Å²) in [6.45, 7) is 0. The van der Waals surface area contributed by atoms with Crippen molar-refractivity contribution in [2.75, 3.05) is 7.11 Å². The number of esters is 1. The molecule has 0 N–H and O–H groups in total. The Morgan fingerprint density at radius 2 is 2.00 bits per heavy atom. The molecule has 0 aliphatic carbocycles. The Hall–Kier alpha value is -2.38. The molecular formula is C18H14BrClN2O4. The van der Waals surface area contributed by atoms with Crippen molar-refractivity contribution >= 4 is 33.5 Å². The number of hydrogen-bond donors (Lipinski definition) is 0. The van der Waals surface area contributed by atoms with E-state index in [1.54, 1.807) is 25.3 Å². The quantitative estimate of drug-likeness (QED) is 0.411. The topological polar surface area (TPSA) is 74.5 Å². The van der Waals surface area contributed by atoms with E-state index in [-0.39, 0.29) is 12.8 Å². The fourth-order valence-electron chi connectivity index (χ4n) is 2.15. The predicted octanol–water partition coefficient (Wildman–Crippen LogP) is 4.70. The summed E-state index contributed by atoms with van der Waals surface area (Å²) < 4.78 is 16.2. The molecule has 1 heterocycles. The third-order valence-corrected chi connectivity index (χ3v) is 4.33. The summed E-state index contributed by atoms with van der Waals surface area (Å²) in [5.74, 6) is 1.56. The number of aromatic nitrogens is 2. The summed E-state index contributed by atoms with van der Waals surface area (Å²) in [6, 6.07) is 12.2. The number of carbonyl (C=O) groups is 1. The van der Waals surface area contributed by atoms with Gasteiger partial charge in [-0.25, -0.2) is 0 Å². The highest BCUT2D eigenvalue weighted by Crippen LogP contribution is 2.28. The fourth-order valence-corrected chi connectivity index (χ4v) is 2.92. The van der Waals surface area contributed by atoms with Crippen molar-refractivity contribution in [1.29, 1.82) is 0 Å². The van der Waals surface area contributed by atoms with E-state index in [0.29, 0.717) is 27.0 Å². The zero-order valence-corrected chi connectivity index (χ0v) is 16.1. The van der Waals surface area contributed by atoms with Gasteiger partial charge in [-0.3, -0.25) is 4.79 Å². The number of halogens is 2. The summed E-state index contributed by atoms with van der Waals surface area (Å²) >= 11 is 9.16. The Kier molecular flexibility index (Phi) is 5.90. The molecule has 0 saturated heterocycles. The Balaban J connectivity index is 1.58. The van der Waals surface area contributed by atoms with Crippen molar-refractivity contribution in [2.45, 2.75) is 12.8 Å². The maximum atomic E-state index is 12.0. The van der Waals surface area contributed by atoms with Crippen molar-refractivity contribution in [1.82, 2.24) is 10.1 Å². The van der Waals surface area contributed by atoms with Gasteiger partial charge in [0.2, 0.25) is 11.7 Å². The minimum atomic E-state index is -0.405. The van der Waals surface area contributed by atoms with Crippen LogP contribution in [0.3, 0.4) is 0 Å². The molecule has 0 aliphatic heterocycles. The number of hydrogen-bond acceptors (Lipinski definition) is 6. The van der Waals surface area contributed by atoms with Crippen molar-refractivity contribution in [3.63, 3.8) is 0 Å². The highest BCUT2D eigenvalue weighted by Gasteiger charge is 2.13. The molecule has 0 saturated carbocycles. The van der Waals surface area contributed by atoms with Crippen LogP contribution < -0.4 is 9.47 Å². The number of nitrogens with zero attached hydrogens (tertiary/aromatic N) is 2. The van der Waals surface area contributed by atoms with Crippen LogP contribution in [0.2, 0.25) is 5.02 Å². The molecule has 3 aromatic rings. The van der Waals surface area contributed by atoms with Crippen LogP contribution in [0, 0.1) is 0 Å². The molecule has 0 aliphatic rings. The number of carbonyl (C=O) groups excluding carboxylic acids is 1. The van der Waals surface area contributed by atoms with Gasteiger partial charge in [-0.05, 0) is 58.4 Å². The molecular weight excluding hydrogens is 424 g/mol. The first-order valence-corrected chi connectivity index (χ1v) is 8.85. The van der Waals surface area contributed by atoms with E-state index in [1.807, 2.05) is 24.3 Å². The molecule has 3 rings (SSSR count). The van der Waals surface area contributed by atoms with Gasteiger partial charge in [-0.15, -0.1) is 0 Å². The van der Waals surface area contributed by atoms with Crippen LogP contribution in [0.4, 0.5) is 0 Å². The van der Waals surface area contributed by atoms with Gasteiger partial charge in [0.15, 0.2) is 0 Å². The second-order valence-corrected chi connectivity index (χ2v) is 6.58. The second-order valence-electron chi connectivity index (χ2n) is 5.29. The van der Waals surface area contributed by atoms with E-state index in [9.17, 15) is 4.79 Å². The lowest BCUT2D eigenvalue weighted by atomic mass is 10.2. The summed E-state index contributed by atoms with van der Waals surface area (Å²) in [4.78, 5) is 16.3. The van der Waals surface area contributed by atoms with Crippen LogP contribution in [0.15, 0.2) is 51.5 Å². The smallest absolute Gasteiger partial charge is 0.311 e. The van der Waals surface area contributed by atoms with Gasteiger partial charge in [0.25, 0.3) is 0 Å². The summed E-state index contributed by atoms with van der Waals surface area (Å²) in [5.41, 5.74) is 0.800. The molecule has 6 nitrogen and oxygen atoms in total. The maximum Gasteiger partial charge on any atom is 0.311 e. The van der Waals surface area contributed by atoms with E-state index < -0.39 is 5.97 Å². The van der Waals surface area contributed by atoms with Crippen molar-refractivity contribution in [2.24, 2.45) is 0 Å². The van der Waals surface area contributed by atoms with Crippen LogP contribution in [-0.2, 0) is 11.2 Å². The monoisotopic (exact) mass is 436 g/mol. The van der Waals surface area contributed by atoms with Crippen molar-refractivity contribution < 1.29 is 18.8 Å². The normalized spacial score (nSPS) is 10.6. The van der Waals surface area contributed by atoms with E-state index >= 15 is 0 Å². The SMILES string of the molecule is COc1ccc(-c2noc(CCC(=O)Oc3ccc(Cl)cc3Br)n2)cc1. The first-order valence-electron chi connectivity index (χ1n) is 7.68. The molecule has 2 aromatic carbocycles. The first-order chi connectivity index (χ1) is 12.5. The first kappa shape index (κ1) is 18.4. The van der Waals surface area contributed by atoms with Gasteiger partial charge < -0.3 is 14.0 Å². The summed E-state index contributed by atoms with van der Waals surface area (Å²) in [5, 5.41) is 4.48. The molecule has 0 atom stereocenters. The zero-order chi connectivity index (χ0) is 18.5. The van der Waals surface area contributed by atoms with Crippen molar-refractivity contribution in [3.8, 4) is 22.9 Å². The number of methoxy groups -OCH3 is 1. The predicted molar refractivity (Wildman–Crippen MR) is 99.4 cm³/mol. The van der Waals surface area contributed by atoms with Gasteiger partial charge in [0.05, 0.1) is 18.0 Å². The van der Waals surface area contributed by atoms with E-state index in [4.69, 9.17) is 25.6 Å². The van der Waals surface area contributed by atoms with Crippen LogP contribution in [0.25, 0.3) is 11.4 Å². The minimum Gasteiger partial charge on any atom is -0.497 e. The van der Waals surface area contributed by atoms with Gasteiger partial charge in [-0.2, -0.15) is 4.98 Å². The Morgan fingerprint density at radius 3 is 2.69 bits per heavy atom. The van der Waals surface area contributed by atoms with E-state index in [1.165, 1.54) is 0 Å². The molecule has 134 valence electrons. The third-order valence-electron chi connectivity index (χ3n) is 3.48. The van der Waals surface area contributed by atoms with Crippen LogP contribution in [0.5, 0.6) is 11.5 Å². The molecule has 26 heavy (non-hydrogen) atoms. The van der Waals surface area contributed by atoms with Crippen LogP contribution >= 0.6 is 27.5 Å². The Labute approximate surface area is 163 Å². The average Bonchev–Trinajstić information content (AvgIpc) is 3.11. The molecule has 0 unspecified atom stereocenters. The third kappa shape index (κ3) is 4.62. The lowest BCUT2D eigenvalue weighted by Gasteiger charge is -2.05. The number of rotatable bonds is 6. The minimum absolute atomic E-state index is 0.110. The van der Waals surface area contributed by atoms with Crippen LogP contribution in [-0.4, -0.2) is 23.2 Å². The summed E-state index contributed by atoms with van der Waals surface area (Å²) in [7, 11) is 1.60. The van der Waals surface area contributed by atoms with E-state index in [2.05, 4.69) is 26.1 Å². The second kappa shape index (κ2) is 8.33. The molecule has 1 aromatic heterocycles. The molecule has 0 fully saturated rings. The van der Waals surface area contributed by atoms with Gasteiger partial charge in [-0.1, -0.05) is 16.8 Å². The molecule has 0 radical (unpaired) electrons. The number of aryl methyl sites for hydroxylation is 1. The Morgan fingerprint density at radius 1 is 1.23 bits per heavy atom. The Bertz CT molecular complexity index is 912. The summed E-state index contributed by atoms with van der Waals surface area (Å²) in [6.07, 6.45) is 0.395. The lowest BCUT2D eigenvalue weighted by Crippen LogP contribution is -2.09.